The van der Waals surface area contributed by atoms with Crippen LogP contribution < -0.4 is 5.32 Å². The molecule has 0 spiro atoms. The van der Waals surface area contributed by atoms with Crippen LogP contribution in [0.15, 0.2) is 42.7 Å². The quantitative estimate of drug-likeness (QED) is 0.679. The Labute approximate surface area is 177 Å². The zero-order valence-electron chi connectivity index (χ0n) is 17.5. The molecule has 1 aliphatic carbocycles. The van der Waals surface area contributed by atoms with E-state index >= 15 is 0 Å². The van der Waals surface area contributed by atoms with E-state index in [0.29, 0.717) is 6.04 Å². The number of hydrogen-bond donors (Lipinski definition) is 1. The van der Waals surface area contributed by atoms with Crippen molar-refractivity contribution >= 4 is 22.4 Å². The summed E-state index contributed by atoms with van der Waals surface area (Å²) in [4.78, 5) is 14.9. The third kappa shape index (κ3) is 3.03. The third-order valence-corrected chi connectivity index (χ3v) is 7.43. The average molecular weight is 401 g/mol. The zero-order chi connectivity index (χ0) is 20.2. The Bertz CT molecular complexity index is 1120. The number of nitrogens with one attached hydrogen (secondary N) is 1. The molecule has 1 saturated heterocycles. The SMILES string of the molecule is C[C@@H](C1CC1)N1CCC(n2cc(Cc3ccc4c5c(cccc35)C(=O)N4)cn2)CC1. The van der Waals surface area contributed by atoms with Crippen molar-refractivity contribution in [3.63, 3.8) is 0 Å². The monoisotopic (exact) mass is 400 g/mol. The number of piperidine rings is 1. The lowest BCUT2D eigenvalue weighted by atomic mass is 9.97. The number of benzene rings is 2. The molecule has 0 unspecified atom stereocenters. The maximum Gasteiger partial charge on any atom is 0.256 e. The summed E-state index contributed by atoms with van der Waals surface area (Å²) in [5.41, 5.74) is 4.20. The first-order valence-electron chi connectivity index (χ1n) is 11.3. The Balaban J connectivity index is 1.19. The van der Waals surface area contributed by atoms with Crippen LogP contribution in [-0.2, 0) is 6.42 Å². The molecule has 1 aromatic heterocycles. The number of rotatable bonds is 5. The average Bonchev–Trinajstić information content (AvgIpc) is 3.44. The van der Waals surface area contributed by atoms with E-state index in [1.54, 1.807) is 0 Å². The molecule has 6 rings (SSSR count). The molecule has 1 N–H and O–H groups in total. The van der Waals surface area contributed by atoms with Gasteiger partial charge < -0.3 is 10.2 Å². The molecule has 0 radical (unpaired) electrons. The van der Waals surface area contributed by atoms with Crippen LogP contribution in [0.25, 0.3) is 10.8 Å². The van der Waals surface area contributed by atoms with E-state index < -0.39 is 0 Å². The van der Waals surface area contributed by atoms with Crippen LogP contribution in [0.2, 0.25) is 0 Å². The molecular formula is C25H28N4O. The second kappa shape index (κ2) is 6.95. The first kappa shape index (κ1) is 18.1. The van der Waals surface area contributed by atoms with Gasteiger partial charge in [0.25, 0.3) is 5.91 Å². The summed E-state index contributed by atoms with van der Waals surface area (Å²) in [5.74, 6) is 0.948. The summed E-state index contributed by atoms with van der Waals surface area (Å²) in [6.45, 7) is 4.78. The standard InChI is InChI=1S/C25H28N4O/c1-16(18-5-6-18)28-11-9-20(10-12-28)29-15-17(14-26-29)13-19-7-8-23-24-21(19)3-2-4-22(24)25(30)27-23/h2-4,7-8,14-16,18,20H,5-6,9-13H2,1H3,(H,27,30)/t16-/m0/s1. The maximum absolute atomic E-state index is 12.2. The Hall–Kier alpha value is -2.66. The fourth-order valence-electron chi connectivity index (χ4n) is 5.43. The molecule has 2 fully saturated rings. The van der Waals surface area contributed by atoms with Gasteiger partial charge in [-0.1, -0.05) is 18.2 Å². The highest BCUT2D eigenvalue weighted by atomic mass is 16.1. The van der Waals surface area contributed by atoms with Crippen molar-refractivity contribution in [3.8, 4) is 0 Å². The van der Waals surface area contributed by atoms with Gasteiger partial charge in [0.2, 0.25) is 0 Å². The molecule has 1 saturated carbocycles. The number of carbonyl (C=O) groups excluding carboxylic acids is 1. The normalized spacial score (nSPS) is 20.6. The summed E-state index contributed by atoms with van der Waals surface area (Å²) in [7, 11) is 0. The molecule has 3 heterocycles. The van der Waals surface area contributed by atoms with Crippen LogP contribution in [0, 0.1) is 5.92 Å². The van der Waals surface area contributed by atoms with Crippen molar-refractivity contribution in [1.29, 1.82) is 0 Å². The summed E-state index contributed by atoms with van der Waals surface area (Å²) >= 11 is 0. The van der Waals surface area contributed by atoms with Gasteiger partial charge in [-0.15, -0.1) is 0 Å². The third-order valence-electron chi connectivity index (χ3n) is 7.43. The molecule has 1 atom stereocenters. The van der Waals surface area contributed by atoms with Crippen LogP contribution >= 0.6 is 0 Å². The highest BCUT2D eigenvalue weighted by Crippen LogP contribution is 2.37. The van der Waals surface area contributed by atoms with Crippen LogP contribution in [0.1, 0.15) is 60.1 Å². The van der Waals surface area contributed by atoms with Gasteiger partial charge in [-0.3, -0.25) is 9.48 Å². The number of hydrogen-bond acceptors (Lipinski definition) is 3. The van der Waals surface area contributed by atoms with E-state index in [0.717, 1.165) is 35.0 Å². The number of nitrogens with zero attached hydrogens (tertiary/aromatic N) is 3. The number of amides is 1. The summed E-state index contributed by atoms with van der Waals surface area (Å²) < 4.78 is 2.19. The molecule has 30 heavy (non-hydrogen) atoms. The highest BCUT2D eigenvalue weighted by Gasteiger charge is 2.34. The fourth-order valence-corrected chi connectivity index (χ4v) is 5.43. The molecule has 1 amide bonds. The first-order valence-corrected chi connectivity index (χ1v) is 11.3. The maximum atomic E-state index is 12.2. The minimum Gasteiger partial charge on any atom is -0.321 e. The lowest BCUT2D eigenvalue weighted by Gasteiger charge is -2.36. The van der Waals surface area contributed by atoms with Gasteiger partial charge in [-0.25, -0.2) is 0 Å². The van der Waals surface area contributed by atoms with Crippen molar-refractivity contribution in [2.45, 2.75) is 51.1 Å². The van der Waals surface area contributed by atoms with Gasteiger partial charge in [0, 0.05) is 48.4 Å². The molecule has 3 aliphatic rings. The van der Waals surface area contributed by atoms with Crippen molar-refractivity contribution in [3.05, 3.63) is 59.4 Å². The predicted molar refractivity (Wildman–Crippen MR) is 119 cm³/mol. The van der Waals surface area contributed by atoms with E-state index in [9.17, 15) is 4.79 Å². The van der Waals surface area contributed by atoms with Crippen LogP contribution in [-0.4, -0.2) is 39.7 Å². The van der Waals surface area contributed by atoms with E-state index in [2.05, 4.69) is 40.2 Å². The van der Waals surface area contributed by atoms with Gasteiger partial charge >= 0.3 is 0 Å². The Kier molecular flexibility index (Phi) is 4.20. The fraction of sp³-hybridized carbons (Fsp3) is 0.440. The summed E-state index contributed by atoms with van der Waals surface area (Å²) in [5, 5.41) is 9.92. The Morgan fingerprint density at radius 2 is 1.97 bits per heavy atom. The molecular weight excluding hydrogens is 372 g/mol. The molecule has 3 aromatic rings. The van der Waals surface area contributed by atoms with Gasteiger partial charge in [0.15, 0.2) is 0 Å². The van der Waals surface area contributed by atoms with Crippen molar-refractivity contribution in [2.75, 3.05) is 18.4 Å². The van der Waals surface area contributed by atoms with Gasteiger partial charge in [0.05, 0.1) is 12.2 Å². The lowest BCUT2D eigenvalue weighted by Crippen LogP contribution is -2.41. The smallest absolute Gasteiger partial charge is 0.256 e. The minimum absolute atomic E-state index is 0.00270. The molecule has 5 heteroatoms. The minimum atomic E-state index is 0.00270. The van der Waals surface area contributed by atoms with Crippen molar-refractivity contribution < 1.29 is 4.79 Å². The van der Waals surface area contributed by atoms with E-state index in [1.807, 2.05) is 24.4 Å². The molecule has 2 aliphatic heterocycles. The number of anilines is 1. The number of likely N-dealkylation sites (tertiary alicyclic amines) is 1. The Morgan fingerprint density at radius 3 is 2.77 bits per heavy atom. The van der Waals surface area contributed by atoms with Crippen LogP contribution in [0.5, 0.6) is 0 Å². The van der Waals surface area contributed by atoms with Gasteiger partial charge in [-0.2, -0.15) is 5.10 Å². The highest BCUT2D eigenvalue weighted by molar-refractivity contribution is 6.24. The molecule has 154 valence electrons. The molecule has 2 aromatic carbocycles. The topological polar surface area (TPSA) is 50.2 Å². The Morgan fingerprint density at radius 1 is 1.13 bits per heavy atom. The van der Waals surface area contributed by atoms with E-state index in [1.165, 1.54) is 55.3 Å². The zero-order valence-corrected chi connectivity index (χ0v) is 17.5. The van der Waals surface area contributed by atoms with Crippen LogP contribution in [0.4, 0.5) is 5.69 Å². The summed E-state index contributed by atoms with van der Waals surface area (Å²) in [6.07, 6.45) is 10.3. The second-order valence-corrected chi connectivity index (χ2v) is 9.31. The van der Waals surface area contributed by atoms with Gasteiger partial charge in [0.1, 0.15) is 0 Å². The van der Waals surface area contributed by atoms with Crippen molar-refractivity contribution in [2.24, 2.45) is 5.92 Å². The lowest BCUT2D eigenvalue weighted by molar-refractivity contribution is 0.103. The van der Waals surface area contributed by atoms with Crippen molar-refractivity contribution in [1.82, 2.24) is 14.7 Å². The number of carbonyl (C=O) groups is 1. The molecule has 0 bridgehead atoms. The summed E-state index contributed by atoms with van der Waals surface area (Å²) in [6, 6.07) is 11.5. The van der Waals surface area contributed by atoms with E-state index in [-0.39, 0.29) is 5.91 Å². The largest absolute Gasteiger partial charge is 0.321 e. The predicted octanol–water partition coefficient (Wildman–Crippen LogP) is 4.63. The second-order valence-electron chi connectivity index (χ2n) is 9.31. The number of aromatic nitrogens is 2. The van der Waals surface area contributed by atoms with Gasteiger partial charge in [-0.05, 0) is 67.2 Å². The molecule has 5 nitrogen and oxygen atoms in total. The van der Waals surface area contributed by atoms with E-state index in [4.69, 9.17) is 5.10 Å². The van der Waals surface area contributed by atoms with Crippen LogP contribution in [0.3, 0.4) is 0 Å². The first-order chi connectivity index (χ1) is 14.7.